The Bertz CT molecular complexity index is 949. The molecule has 6 heteroatoms. The molecule has 0 radical (unpaired) electrons. The zero-order chi connectivity index (χ0) is 17.1. The van der Waals surface area contributed by atoms with E-state index in [0.717, 1.165) is 5.56 Å². The first-order valence-corrected chi connectivity index (χ1v) is 7.68. The van der Waals surface area contributed by atoms with Crippen molar-refractivity contribution in [1.82, 2.24) is 10.3 Å². The van der Waals surface area contributed by atoms with Crippen LogP contribution >= 0.6 is 11.6 Å². The number of ether oxygens (including phenoxy) is 1. The second-order valence-electron chi connectivity index (χ2n) is 5.25. The molecule has 5 nitrogen and oxygen atoms in total. The number of carbonyl (C=O) groups is 1. The van der Waals surface area contributed by atoms with E-state index in [-0.39, 0.29) is 11.0 Å². The van der Waals surface area contributed by atoms with Gasteiger partial charge in [0.1, 0.15) is 11.3 Å². The molecule has 3 rings (SSSR count). The summed E-state index contributed by atoms with van der Waals surface area (Å²) in [5.74, 6) is 0.210. The van der Waals surface area contributed by atoms with E-state index in [2.05, 4.69) is 10.3 Å². The van der Waals surface area contributed by atoms with Crippen LogP contribution in [0.1, 0.15) is 15.9 Å². The number of nitrogens with one attached hydrogen (secondary N) is 2. The van der Waals surface area contributed by atoms with Gasteiger partial charge in [-0.2, -0.15) is 0 Å². The minimum atomic E-state index is -0.427. The van der Waals surface area contributed by atoms with Gasteiger partial charge in [0.25, 0.3) is 5.91 Å². The normalized spacial score (nSPS) is 10.6. The molecular formula is C18H15ClN2O3. The number of rotatable bonds is 4. The lowest BCUT2D eigenvalue weighted by molar-refractivity contribution is 0.0949. The van der Waals surface area contributed by atoms with Crippen molar-refractivity contribution >= 4 is 28.4 Å². The lowest BCUT2D eigenvalue weighted by atomic mass is 10.1. The van der Waals surface area contributed by atoms with Gasteiger partial charge >= 0.3 is 0 Å². The molecule has 0 atom stereocenters. The fraction of sp³-hybridized carbons (Fsp3) is 0.111. The molecule has 0 aliphatic carbocycles. The van der Waals surface area contributed by atoms with E-state index in [1.807, 2.05) is 12.1 Å². The fourth-order valence-electron chi connectivity index (χ4n) is 2.38. The van der Waals surface area contributed by atoms with Crippen LogP contribution in [0.3, 0.4) is 0 Å². The Morgan fingerprint density at radius 1 is 1.21 bits per heavy atom. The van der Waals surface area contributed by atoms with Crippen LogP contribution in [0.15, 0.2) is 53.5 Å². The van der Waals surface area contributed by atoms with Crippen LogP contribution in [-0.2, 0) is 6.54 Å². The highest BCUT2D eigenvalue weighted by atomic mass is 35.5. The lowest BCUT2D eigenvalue weighted by Crippen LogP contribution is -2.28. The van der Waals surface area contributed by atoms with Crippen molar-refractivity contribution in [3.05, 3.63) is 75.0 Å². The van der Waals surface area contributed by atoms with Gasteiger partial charge in [-0.3, -0.25) is 9.59 Å². The molecule has 0 spiro atoms. The summed E-state index contributed by atoms with van der Waals surface area (Å²) in [6, 6.07) is 12.2. The predicted octanol–water partition coefficient (Wildman–Crippen LogP) is 3.12. The molecule has 1 amide bonds. The molecule has 2 N–H and O–H groups in total. The van der Waals surface area contributed by atoms with Crippen LogP contribution < -0.4 is 15.5 Å². The Morgan fingerprint density at radius 3 is 2.67 bits per heavy atom. The number of amides is 1. The van der Waals surface area contributed by atoms with Crippen molar-refractivity contribution in [2.24, 2.45) is 0 Å². The summed E-state index contributed by atoms with van der Waals surface area (Å²) in [7, 11) is 1.55. The molecule has 1 aromatic heterocycles. The number of methoxy groups -OCH3 is 1. The third kappa shape index (κ3) is 3.26. The molecule has 3 aromatic rings. The maximum Gasteiger partial charge on any atom is 0.257 e. The number of hydrogen-bond donors (Lipinski definition) is 2. The first-order valence-electron chi connectivity index (χ1n) is 7.30. The molecule has 1 heterocycles. The number of halogens is 1. The van der Waals surface area contributed by atoms with Crippen LogP contribution in [0.4, 0.5) is 0 Å². The number of benzene rings is 2. The highest BCUT2D eigenvalue weighted by Crippen LogP contribution is 2.16. The van der Waals surface area contributed by atoms with Gasteiger partial charge < -0.3 is 15.0 Å². The molecule has 2 aromatic carbocycles. The number of fused-ring (bicyclic) bond motifs is 1. The van der Waals surface area contributed by atoms with Crippen LogP contribution in [0, 0.1) is 0 Å². The van der Waals surface area contributed by atoms with Gasteiger partial charge in [0.2, 0.25) is 5.43 Å². The topological polar surface area (TPSA) is 71.2 Å². The SMILES string of the molecule is COc1ccc2c(=O)c(C(=O)NCc3ccc(Cl)cc3)c[nH]c2c1. The molecule has 24 heavy (non-hydrogen) atoms. The minimum absolute atomic E-state index is 0.0710. The summed E-state index contributed by atoms with van der Waals surface area (Å²) >= 11 is 5.83. The van der Waals surface area contributed by atoms with Gasteiger partial charge in [-0.05, 0) is 29.8 Å². The van der Waals surface area contributed by atoms with E-state index in [9.17, 15) is 9.59 Å². The standard InChI is InChI=1S/C18H15ClN2O3/c1-24-13-6-7-14-16(8-13)20-10-15(17(14)22)18(23)21-9-11-2-4-12(19)5-3-11/h2-8,10H,9H2,1H3,(H,20,22)(H,21,23). The number of aromatic amines is 1. The number of aromatic nitrogens is 1. The quantitative estimate of drug-likeness (QED) is 0.765. The second-order valence-corrected chi connectivity index (χ2v) is 5.69. The van der Waals surface area contributed by atoms with Crippen molar-refractivity contribution in [2.75, 3.05) is 7.11 Å². The second kappa shape index (κ2) is 6.76. The summed E-state index contributed by atoms with van der Waals surface area (Å²) in [6.07, 6.45) is 1.42. The van der Waals surface area contributed by atoms with Crippen LogP contribution in [0.5, 0.6) is 5.75 Å². The zero-order valence-electron chi connectivity index (χ0n) is 12.9. The number of hydrogen-bond acceptors (Lipinski definition) is 3. The molecule has 0 fully saturated rings. The van der Waals surface area contributed by atoms with Gasteiger partial charge in [0.05, 0.1) is 12.6 Å². The van der Waals surface area contributed by atoms with Crippen molar-refractivity contribution in [3.63, 3.8) is 0 Å². The molecular weight excluding hydrogens is 328 g/mol. The lowest BCUT2D eigenvalue weighted by Gasteiger charge is -2.07. The van der Waals surface area contributed by atoms with E-state index in [0.29, 0.717) is 28.2 Å². The molecule has 0 saturated heterocycles. The average Bonchev–Trinajstić information content (AvgIpc) is 2.61. The summed E-state index contributed by atoms with van der Waals surface area (Å²) in [5.41, 5.74) is 1.27. The Balaban J connectivity index is 1.83. The van der Waals surface area contributed by atoms with Gasteiger partial charge in [-0.15, -0.1) is 0 Å². The van der Waals surface area contributed by atoms with Crippen LogP contribution in [0.2, 0.25) is 5.02 Å². The summed E-state index contributed by atoms with van der Waals surface area (Å²) in [6.45, 7) is 0.316. The monoisotopic (exact) mass is 342 g/mol. The maximum atomic E-state index is 12.5. The average molecular weight is 343 g/mol. The van der Waals surface area contributed by atoms with Gasteiger partial charge in [-0.1, -0.05) is 23.7 Å². The third-order valence-electron chi connectivity index (χ3n) is 3.70. The zero-order valence-corrected chi connectivity index (χ0v) is 13.7. The molecule has 0 saturated carbocycles. The first-order chi connectivity index (χ1) is 11.6. The van der Waals surface area contributed by atoms with Crippen molar-refractivity contribution in [2.45, 2.75) is 6.54 Å². The van der Waals surface area contributed by atoms with Crippen molar-refractivity contribution in [3.8, 4) is 5.75 Å². The number of pyridine rings is 1. The first kappa shape index (κ1) is 16.1. The van der Waals surface area contributed by atoms with E-state index >= 15 is 0 Å². The van der Waals surface area contributed by atoms with E-state index in [1.54, 1.807) is 37.4 Å². The van der Waals surface area contributed by atoms with Gasteiger partial charge in [-0.25, -0.2) is 0 Å². The molecule has 0 aliphatic heterocycles. The highest BCUT2D eigenvalue weighted by molar-refractivity contribution is 6.30. The third-order valence-corrected chi connectivity index (χ3v) is 3.95. The smallest absolute Gasteiger partial charge is 0.257 e. The number of H-pyrrole nitrogens is 1. The molecule has 0 unspecified atom stereocenters. The van der Waals surface area contributed by atoms with Crippen molar-refractivity contribution < 1.29 is 9.53 Å². The van der Waals surface area contributed by atoms with Crippen LogP contribution in [0.25, 0.3) is 10.9 Å². The Labute approximate surface area is 143 Å². The molecule has 0 bridgehead atoms. The Kier molecular flexibility index (Phi) is 4.53. The minimum Gasteiger partial charge on any atom is -0.497 e. The van der Waals surface area contributed by atoms with Crippen LogP contribution in [-0.4, -0.2) is 18.0 Å². The Hall–Kier alpha value is -2.79. The number of carbonyl (C=O) groups excluding carboxylic acids is 1. The van der Waals surface area contributed by atoms with E-state index < -0.39 is 5.91 Å². The summed E-state index contributed by atoms with van der Waals surface area (Å²) < 4.78 is 5.13. The summed E-state index contributed by atoms with van der Waals surface area (Å²) in [5, 5.41) is 3.81. The highest BCUT2D eigenvalue weighted by Gasteiger charge is 2.13. The maximum absolute atomic E-state index is 12.5. The van der Waals surface area contributed by atoms with E-state index in [4.69, 9.17) is 16.3 Å². The van der Waals surface area contributed by atoms with E-state index in [1.165, 1.54) is 6.20 Å². The Morgan fingerprint density at radius 2 is 1.96 bits per heavy atom. The molecule has 0 aliphatic rings. The van der Waals surface area contributed by atoms with Gasteiger partial charge in [0.15, 0.2) is 0 Å². The largest absolute Gasteiger partial charge is 0.497 e. The summed E-state index contributed by atoms with van der Waals surface area (Å²) in [4.78, 5) is 27.7. The van der Waals surface area contributed by atoms with Crippen molar-refractivity contribution in [1.29, 1.82) is 0 Å². The predicted molar refractivity (Wildman–Crippen MR) is 93.7 cm³/mol. The van der Waals surface area contributed by atoms with Gasteiger partial charge in [0, 0.05) is 29.2 Å². The molecule has 122 valence electrons. The fourth-order valence-corrected chi connectivity index (χ4v) is 2.50.